The minimum absolute atomic E-state index is 0.0279. The van der Waals surface area contributed by atoms with Crippen LogP contribution in [0, 0.1) is 19.8 Å². The lowest BCUT2D eigenvalue weighted by Gasteiger charge is -2.37. The average molecular weight is 506 g/mol. The second kappa shape index (κ2) is 11.5. The number of rotatable bonds is 8. The molecule has 4 rings (SSSR count). The summed E-state index contributed by atoms with van der Waals surface area (Å²) in [4.78, 5) is 26.0. The Morgan fingerprint density at radius 1 is 1.05 bits per heavy atom. The fourth-order valence-electron chi connectivity index (χ4n) is 5.16. The van der Waals surface area contributed by atoms with Gasteiger partial charge in [-0.15, -0.1) is 0 Å². The van der Waals surface area contributed by atoms with Crippen molar-refractivity contribution >= 4 is 17.4 Å². The summed E-state index contributed by atoms with van der Waals surface area (Å²) in [6.07, 6.45) is 2.93. The Bertz CT molecular complexity index is 1160. The van der Waals surface area contributed by atoms with Crippen molar-refractivity contribution in [2.45, 2.75) is 84.8 Å². The van der Waals surface area contributed by atoms with E-state index in [4.69, 9.17) is 14.2 Å². The molecule has 2 aliphatic rings. The molecule has 0 radical (unpaired) electrons. The number of amides is 1. The van der Waals surface area contributed by atoms with E-state index in [2.05, 4.69) is 45.1 Å². The Kier molecular flexibility index (Phi) is 8.38. The van der Waals surface area contributed by atoms with Crippen LogP contribution in [0.15, 0.2) is 48.4 Å². The van der Waals surface area contributed by atoms with E-state index in [0.29, 0.717) is 36.8 Å². The molecule has 1 aliphatic carbocycles. The molecule has 1 amide bonds. The SMILES string of the molecule is Cc1ccc(C)c(OC2=COC3CC(OCC(=O)Nc4c(C(C)C)cccc4C(C)C)CCC3C2=O)c1. The third kappa shape index (κ3) is 6.24. The van der Waals surface area contributed by atoms with Gasteiger partial charge in [0.25, 0.3) is 0 Å². The highest BCUT2D eigenvalue weighted by Gasteiger charge is 2.41. The van der Waals surface area contributed by atoms with Crippen molar-refractivity contribution in [2.75, 3.05) is 11.9 Å². The molecule has 1 fully saturated rings. The summed E-state index contributed by atoms with van der Waals surface area (Å²) < 4.78 is 17.9. The minimum Gasteiger partial charge on any atom is -0.493 e. The lowest BCUT2D eigenvalue weighted by Crippen LogP contribution is -2.43. The number of aryl methyl sites for hydroxylation is 2. The maximum Gasteiger partial charge on any atom is 0.250 e. The summed E-state index contributed by atoms with van der Waals surface area (Å²) in [7, 11) is 0. The van der Waals surface area contributed by atoms with Gasteiger partial charge in [0.2, 0.25) is 17.4 Å². The van der Waals surface area contributed by atoms with E-state index in [1.807, 2.05) is 38.1 Å². The topological polar surface area (TPSA) is 73.9 Å². The van der Waals surface area contributed by atoms with Crippen molar-refractivity contribution in [3.05, 3.63) is 70.7 Å². The molecule has 0 saturated heterocycles. The van der Waals surface area contributed by atoms with Crippen LogP contribution < -0.4 is 10.1 Å². The molecular formula is C31H39NO5. The number of anilines is 1. The number of Topliss-reactive ketones (excluding diaryl/α,β-unsaturated/α-hetero) is 1. The molecule has 2 aromatic carbocycles. The summed E-state index contributed by atoms with van der Waals surface area (Å²) in [5.41, 5.74) is 5.18. The summed E-state index contributed by atoms with van der Waals surface area (Å²) >= 11 is 0. The number of nitrogens with one attached hydrogen (secondary N) is 1. The Morgan fingerprint density at radius 3 is 2.43 bits per heavy atom. The number of fused-ring (bicyclic) bond motifs is 1. The second-order valence-corrected chi connectivity index (χ2v) is 10.9. The van der Waals surface area contributed by atoms with Crippen LogP contribution in [0.3, 0.4) is 0 Å². The number of benzene rings is 2. The van der Waals surface area contributed by atoms with Crippen molar-refractivity contribution in [1.29, 1.82) is 0 Å². The van der Waals surface area contributed by atoms with E-state index < -0.39 is 0 Å². The number of carbonyl (C=O) groups excluding carboxylic acids is 2. The molecule has 1 heterocycles. The lowest BCUT2D eigenvalue weighted by atomic mass is 9.80. The van der Waals surface area contributed by atoms with E-state index in [1.54, 1.807) is 0 Å². The van der Waals surface area contributed by atoms with Gasteiger partial charge in [0.05, 0.1) is 12.0 Å². The molecule has 2 aromatic rings. The fraction of sp³-hybridized carbons (Fsp3) is 0.484. The number of hydrogen-bond donors (Lipinski definition) is 1. The summed E-state index contributed by atoms with van der Waals surface area (Å²) in [5.74, 6) is 1.06. The highest BCUT2D eigenvalue weighted by atomic mass is 16.5. The standard InChI is InChI=1S/C31H39NO5/c1-18(2)23-8-7-9-24(19(3)4)30(23)32-29(33)17-35-22-12-13-25-27(15-22)36-16-28(31(25)34)37-26-14-20(5)10-11-21(26)6/h7-11,14,16,18-19,22,25,27H,12-13,15,17H2,1-6H3,(H,32,33). The van der Waals surface area contributed by atoms with Gasteiger partial charge in [-0.3, -0.25) is 9.59 Å². The molecule has 0 bridgehead atoms. The molecule has 3 unspecified atom stereocenters. The number of para-hydroxylation sites is 1. The van der Waals surface area contributed by atoms with Crippen molar-refractivity contribution in [3.8, 4) is 5.75 Å². The number of ether oxygens (including phenoxy) is 3. The van der Waals surface area contributed by atoms with Crippen molar-refractivity contribution in [2.24, 2.45) is 5.92 Å². The first-order chi connectivity index (χ1) is 17.6. The lowest BCUT2D eigenvalue weighted by molar-refractivity contribution is -0.136. The van der Waals surface area contributed by atoms with Crippen molar-refractivity contribution < 1.29 is 23.8 Å². The van der Waals surface area contributed by atoms with E-state index >= 15 is 0 Å². The van der Waals surface area contributed by atoms with Gasteiger partial charge in [-0.1, -0.05) is 58.0 Å². The number of carbonyl (C=O) groups is 2. The zero-order valence-corrected chi connectivity index (χ0v) is 22.8. The highest BCUT2D eigenvalue weighted by molar-refractivity contribution is 5.96. The predicted molar refractivity (Wildman–Crippen MR) is 145 cm³/mol. The molecule has 37 heavy (non-hydrogen) atoms. The van der Waals surface area contributed by atoms with Gasteiger partial charge in [-0.25, -0.2) is 0 Å². The van der Waals surface area contributed by atoms with Gasteiger partial charge >= 0.3 is 0 Å². The third-order valence-corrected chi connectivity index (χ3v) is 7.32. The Hall–Kier alpha value is -3.12. The van der Waals surface area contributed by atoms with Crippen LogP contribution in [-0.4, -0.2) is 30.5 Å². The van der Waals surface area contributed by atoms with Crippen LogP contribution in [0.1, 0.15) is 81.0 Å². The van der Waals surface area contributed by atoms with Gasteiger partial charge in [0.1, 0.15) is 24.7 Å². The van der Waals surface area contributed by atoms with E-state index in [1.165, 1.54) is 6.26 Å². The van der Waals surface area contributed by atoms with E-state index in [0.717, 1.165) is 27.9 Å². The Labute approximate surface area is 220 Å². The van der Waals surface area contributed by atoms with Crippen LogP contribution >= 0.6 is 0 Å². The number of hydrogen-bond acceptors (Lipinski definition) is 5. The van der Waals surface area contributed by atoms with E-state index in [-0.39, 0.29) is 42.2 Å². The molecule has 6 heteroatoms. The Balaban J connectivity index is 1.34. The van der Waals surface area contributed by atoms with Gasteiger partial charge in [0.15, 0.2) is 0 Å². The summed E-state index contributed by atoms with van der Waals surface area (Å²) in [5, 5.41) is 3.11. The smallest absolute Gasteiger partial charge is 0.250 e. The third-order valence-electron chi connectivity index (χ3n) is 7.32. The van der Waals surface area contributed by atoms with Crippen LogP contribution in [0.2, 0.25) is 0 Å². The first kappa shape index (κ1) is 26.9. The monoisotopic (exact) mass is 505 g/mol. The first-order valence-corrected chi connectivity index (χ1v) is 13.3. The molecule has 1 saturated carbocycles. The maximum absolute atomic E-state index is 13.1. The summed E-state index contributed by atoms with van der Waals surface area (Å²) in [6, 6.07) is 12.1. The molecule has 3 atom stereocenters. The van der Waals surface area contributed by atoms with Gasteiger partial charge in [-0.2, -0.15) is 0 Å². The zero-order valence-electron chi connectivity index (χ0n) is 22.8. The average Bonchev–Trinajstić information content (AvgIpc) is 2.86. The predicted octanol–water partition coefficient (Wildman–Crippen LogP) is 6.56. The molecule has 6 nitrogen and oxygen atoms in total. The molecule has 0 spiro atoms. The molecular weight excluding hydrogens is 466 g/mol. The minimum atomic E-state index is -0.269. The highest BCUT2D eigenvalue weighted by Crippen LogP contribution is 2.36. The van der Waals surface area contributed by atoms with Crippen molar-refractivity contribution in [1.82, 2.24) is 0 Å². The Morgan fingerprint density at radius 2 is 1.76 bits per heavy atom. The van der Waals surface area contributed by atoms with Crippen LogP contribution in [-0.2, 0) is 19.1 Å². The summed E-state index contributed by atoms with van der Waals surface area (Å²) in [6.45, 7) is 12.4. The van der Waals surface area contributed by atoms with Crippen molar-refractivity contribution in [3.63, 3.8) is 0 Å². The molecule has 0 aromatic heterocycles. The van der Waals surface area contributed by atoms with Gasteiger partial charge in [0, 0.05) is 12.1 Å². The first-order valence-electron chi connectivity index (χ1n) is 13.3. The van der Waals surface area contributed by atoms with Crippen LogP contribution in [0.5, 0.6) is 5.75 Å². The molecule has 1 N–H and O–H groups in total. The second-order valence-electron chi connectivity index (χ2n) is 10.9. The fourth-order valence-corrected chi connectivity index (χ4v) is 5.16. The molecule has 1 aliphatic heterocycles. The largest absolute Gasteiger partial charge is 0.493 e. The van der Waals surface area contributed by atoms with Crippen LogP contribution in [0.25, 0.3) is 0 Å². The van der Waals surface area contributed by atoms with Crippen LogP contribution in [0.4, 0.5) is 5.69 Å². The number of allylic oxidation sites excluding steroid dienone is 1. The maximum atomic E-state index is 13.1. The quantitative estimate of drug-likeness (QED) is 0.440. The van der Waals surface area contributed by atoms with E-state index in [9.17, 15) is 9.59 Å². The van der Waals surface area contributed by atoms with Gasteiger partial charge < -0.3 is 19.5 Å². The van der Waals surface area contributed by atoms with Gasteiger partial charge in [-0.05, 0) is 66.8 Å². The zero-order chi connectivity index (χ0) is 26.7. The molecule has 198 valence electrons. The normalized spacial score (nSPS) is 21.4. The number of ketones is 1.